The van der Waals surface area contributed by atoms with E-state index in [1.54, 1.807) is 6.20 Å². The van der Waals surface area contributed by atoms with Crippen LogP contribution in [0.25, 0.3) is 22.4 Å². The van der Waals surface area contributed by atoms with Crippen molar-refractivity contribution in [1.82, 2.24) is 35.5 Å². The number of benzene rings is 2. The van der Waals surface area contributed by atoms with Gasteiger partial charge in [-0.2, -0.15) is 0 Å². The van der Waals surface area contributed by atoms with Crippen LogP contribution in [0.4, 0.5) is 4.79 Å². The molecule has 6 rings (SSSR count). The van der Waals surface area contributed by atoms with Gasteiger partial charge in [0.2, 0.25) is 5.91 Å². The van der Waals surface area contributed by atoms with Crippen molar-refractivity contribution >= 4 is 49.2 Å². The number of hydrogen-bond donors (Lipinski definition) is 4. The van der Waals surface area contributed by atoms with Crippen LogP contribution >= 0.6 is 37.2 Å². The molecule has 4 N–H and O–H groups in total. The number of hydrogen-bond acceptors (Lipinski definition) is 6. The van der Waals surface area contributed by atoms with Crippen LogP contribution in [0.5, 0.6) is 0 Å². The molecule has 2 amide bonds. The molecule has 0 spiro atoms. The van der Waals surface area contributed by atoms with E-state index in [1.165, 1.54) is 12.7 Å². The van der Waals surface area contributed by atoms with Gasteiger partial charge in [-0.15, -0.1) is 37.2 Å². The Hall–Kier alpha value is -4.45. The lowest BCUT2D eigenvalue weighted by atomic mass is 9.86. The molecule has 0 radical (unpaired) electrons. The van der Waals surface area contributed by atoms with Crippen molar-refractivity contribution < 1.29 is 14.3 Å². The molecule has 2 fully saturated rings. The number of methoxy groups -OCH3 is 1. The van der Waals surface area contributed by atoms with E-state index in [4.69, 9.17) is 9.72 Å². The summed E-state index contributed by atoms with van der Waals surface area (Å²) in [6.45, 7) is 12.0. The number of carbonyl (C=O) groups is 2. The number of carbonyl (C=O) groups excluding carboxylic acids is 2. The summed E-state index contributed by atoms with van der Waals surface area (Å²) < 4.78 is 4.78. The molecule has 54 heavy (non-hydrogen) atoms. The molecular formula is C41H50Cl3N7O3. The van der Waals surface area contributed by atoms with Crippen molar-refractivity contribution in [3.63, 3.8) is 0 Å². The van der Waals surface area contributed by atoms with Crippen LogP contribution in [0, 0.1) is 29.6 Å². The number of nitrogens with zero attached hydrogens (tertiary/aromatic N) is 3. The van der Waals surface area contributed by atoms with Gasteiger partial charge in [-0.3, -0.25) is 4.79 Å². The number of alkyl carbamates (subject to hydrolysis) is 1. The predicted molar refractivity (Wildman–Crippen MR) is 220 cm³/mol. The van der Waals surface area contributed by atoms with Gasteiger partial charge in [0.25, 0.3) is 0 Å². The Kier molecular flexibility index (Phi) is 15.7. The minimum absolute atomic E-state index is 0. The highest BCUT2D eigenvalue weighted by Gasteiger charge is 2.37. The van der Waals surface area contributed by atoms with Crippen molar-refractivity contribution in [1.29, 1.82) is 0 Å². The van der Waals surface area contributed by atoms with E-state index in [0.717, 1.165) is 77.5 Å². The van der Waals surface area contributed by atoms with Crippen molar-refractivity contribution in [3.05, 3.63) is 83.3 Å². The summed E-state index contributed by atoms with van der Waals surface area (Å²) in [4.78, 5) is 43.6. The second kappa shape index (κ2) is 19.2. The number of ether oxygens (including phenoxy) is 1. The van der Waals surface area contributed by atoms with E-state index < -0.39 is 12.1 Å². The molecule has 2 saturated heterocycles. The molecule has 2 unspecified atom stereocenters. The van der Waals surface area contributed by atoms with Crippen LogP contribution in [0.15, 0.2) is 54.9 Å². The number of H-pyrrole nitrogens is 2. The van der Waals surface area contributed by atoms with Crippen LogP contribution in [0.2, 0.25) is 0 Å². The molecule has 2 aromatic carbocycles. The maximum Gasteiger partial charge on any atom is 0.407 e. The van der Waals surface area contributed by atoms with Crippen molar-refractivity contribution in [2.75, 3.05) is 20.2 Å². The Labute approximate surface area is 337 Å². The van der Waals surface area contributed by atoms with Gasteiger partial charge >= 0.3 is 6.09 Å². The molecular weight excluding hydrogens is 745 g/mol. The molecule has 3 atom stereocenters. The molecule has 0 saturated carbocycles. The molecule has 0 aliphatic carbocycles. The summed E-state index contributed by atoms with van der Waals surface area (Å²) >= 11 is 0. The van der Waals surface area contributed by atoms with Gasteiger partial charge in [-0.05, 0) is 90.1 Å². The maximum absolute atomic E-state index is 13.7. The third-order valence-electron chi connectivity index (χ3n) is 9.67. The molecule has 10 nitrogen and oxygen atoms in total. The van der Waals surface area contributed by atoms with Crippen LogP contribution in [-0.4, -0.2) is 63.1 Å². The highest BCUT2D eigenvalue weighted by molar-refractivity contribution is 5.87. The largest absolute Gasteiger partial charge is 0.453 e. The highest BCUT2D eigenvalue weighted by atomic mass is 35.5. The average molecular weight is 795 g/mol. The highest BCUT2D eigenvalue weighted by Crippen LogP contribution is 2.35. The van der Waals surface area contributed by atoms with E-state index in [1.807, 2.05) is 37.1 Å². The van der Waals surface area contributed by atoms with Crippen LogP contribution in [0.1, 0.15) is 101 Å². The standard InChI is InChI=1S/C41H47N7O3.3ClH/c1-26(2)36(47-40(50)51-6)39(49)48-22-10-14-35(48)38-44-25-34(46-38)29-16-15-27(32(23-29)28-17-19-30(20-18-28)41(3,4)5)11-7-8-12-31-24-43-37(45-31)33-13-9-21-42-33;;;/h15-20,23-26,33,35-36,42H,9-10,13-14,21-22H2,1-6H3,(H,43,45)(H,44,46)(H,47,50);3*1H/t33?,35?,36-;;;/m0.../s1. The first kappa shape index (κ1) is 44.0. The normalized spacial score (nSPS) is 16.8. The number of rotatable bonds is 7. The van der Waals surface area contributed by atoms with Gasteiger partial charge in [0.15, 0.2) is 0 Å². The van der Waals surface area contributed by atoms with Crippen molar-refractivity contribution in [3.8, 4) is 46.1 Å². The second-order valence-electron chi connectivity index (χ2n) is 14.6. The summed E-state index contributed by atoms with van der Waals surface area (Å²) in [6, 6.07) is 14.2. The average Bonchev–Trinajstić information content (AvgIpc) is 3.95. The van der Waals surface area contributed by atoms with Gasteiger partial charge in [0.1, 0.15) is 23.4 Å². The lowest BCUT2D eigenvalue weighted by molar-refractivity contribution is -0.135. The molecule has 13 heteroatoms. The Morgan fingerprint density at radius 2 is 1.61 bits per heavy atom. The van der Waals surface area contributed by atoms with Crippen molar-refractivity contribution in [2.45, 2.75) is 83.8 Å². The number of amides is 2. The van der Waals surface area contributed by atoms with Crippen LogP contribution in [-0.2, 0) is 14.9 Å². The van der Waals surface area contributed by atoms with Crippen molar-refractivity contribution in [2.24, 2.45) is 5.92 Å². The fourth-order valence-corrected chi connectivity index (χ4v) is 6.75. The smallest absolute Gasteiger partial charge is 0.407 e. The van der Waals surface area contributed by atoms with Crippen LogP contribution in [0.3, 0.4) is 0 Å². The monoisotopic (exact) mass is 793 g/mol. The van der Waals surface area contributed by atoms with E-state index in [-0.39, 0.29) is 66.5 Å². The topological polar surface area (TPSA) is 128 Å². The second-order valence-corrected chi connectivity index (χ2v) is 14.6. The Morgan fingerprint density at radius 3 is 2.28 bits per heavy atom. The molecule has 2 aromatic heterocycles. The number of likely N-dealkylation sites (tertiary alicyclic amines) is 1. The number of imidazole rings is 2. The van der Waals surface area contributed by atoms with Gasteiger partial charge in [-0.25, -0.2) is 14.8 Å². The van der Waals surface area contributed by atoms with Gasteiger partial charge in [0.05, 0.1) is 37.3 Å². The summed E-state index contributed by atoms with van der Waals surface area (Å²) in [7, 11) is 1.30. The molecule has 288 valence electrons. The number of aromatic nitrogens is 4. The maximum atomic E-state index is 13.7. The third-order valence-corrected chi connectivity index (χ3v) is 9.67. The van der Waals surface area contributed by atoms with E-state index in [2.05, 4.69) is 100 Å². The first-order valence-electron chi connectivity index (χ1n) is 17.8. The zero-order valence-corrected chi connectivity index (χ0v) is 34.0. The van der Waals surface area contributed by atoms with E-state index >= 15 is 0 Å². The predicted octanol–water partition coefficient (Wildman–Crippen LogP) is 7.90. The molecule has 2 aliphatic heterocycles. The van der Waals surface area contributed by atoms with E-state index in [9.17, 15) is 9.59 Å². The number of nitrogens with one attached hydrogen (secondary N) is 4. The molecule has 2 aliphatic rings. The molecule has 4 heterocycles. The number of halogens is 3. The first-order chi connectivity index (χ1) is 24.5. The van der Waals surface area contributed by atoms with Gasteiger partial charge in [-0.1, -0.05) is 70.9 Å². The van der Waals surface area contributed by atoms with E-state index in [0.29, 0.717) is 6.54 Å². The first-order valence-corrected chi connectivity index (χ1v) is 17.8. The minimum atomic E-state index is -0.691. The summed E-state index contributed by atoms with van der Waals surface area (Å²) in [5.41, 5.74) is 6.73. The minimum Gasteiger partial charge on any atom is -0.453 e. The molecule has 0 bridgehead atoms. The SMILES string of the molecule is COC(=O)N[C@H](C(=O)N1CCCC1c1ncc(-c2ccc(C#CC#Cc3cnc(C4CCCN4)[nH]3)c(-c3ccc(C(C)(C)C)cc3)c2)[nH]1)C(C)C.Cl.Cl.Cl. The lowest BCUT2D eigenvalue weighted by Crippen LogP contribution is -2.51. The summed E-state index contributed by atoms with van der Waals surface area (Å²) in [6.07, 6.45) is 6.81. The fraction of sp³-hybridized carbons (Fsp3) is 0.415. The Balaban J connectivity index is 0.00000261. The lowest BCUT2D eigenvalue weighted by Gasteiger charge is -2.30. The van der Waals surface area contributed by atoms with Crippen LogP contribution < -0.4 is 10.6 Å². The Morgan fingerprint density at radius 1 is 0.907 bits per heavy atom. The zero-order valence-electron chi connectivity index (χ0n) is 31.5. The third kappa shape index (κ3) is 10.2. The van der Waals surface area contributed by atoms with Gasteiger partial charge in [0, 0.05) is 17.7 Å². The summed E-state index contributed by atoms with van der Waals surface area (Å²) in [5, 5.41) is 6.17. The Bertz CT molecular complexity index is 2010. The quantitative estimate of drug-likeness (QED) is 0.141. The zero-order chi connectivity index (χ0) is 36.1. The fourth-order valence-electron chi connectivity index (χ4n) is 6.75. The summed E-state index contributed by atoms with van der Waals surface area (Å²) in [5.74, 6) is 13.9. The number of aromatic amines is 2. The molecule has 4 aromatic rings. The van der Waals surface area contributed by atoms with Gasteiger partial charge < -0.3 is 30.2 Å².